The van der Waals surface area contributed by atoms with E-state index in [0.717, 1.165) is 23.8 Å². The molecular weight excluding hydrogens is 226 g/mol. The molecule has 3 nitrogen and oxygen atoms in total. The van der Waals surface area contributed by atoms with Crippen molar-refractivity contribution in [3.63, 3.8) is 0 Å². The monoisotopic (exact) mass is 243 g/mol. The van der Waals surface area contributed by atoms with E-state index in [1.165, 1.54) is 18.4 Å². The summed E-state index contributed by atoms with van der Waals surface area (Å²) in [5, 5.41) is 3.44. The van der Waals surface area contributed by atoms with E-state index in [0.29, 0.717) is 19.4 Å². The van der Waals surface area contributed by atoms with Crippen LogP contribution >= 0.6 is 0 Å². The Bertz CT molecular complexity index is 474. The molecular formula is C15H17NO2. The second-order valence-corrected chi connectivity index (χ2v) is 4.92. The van der Waals surface area contributed by atoms with Crippen molar-refractivity contribution in [3.05, 3.63) is 23.8 Å². The zero-order chi connectivity index (χ0) is 12.4. The lowest BCUT2D eigenvalue weighted by Crippen LogP contribution is -2.33. The summed E-state index contributed by atoms with van der Waals surface area (Å²) in [5.41, 5.74) is 1.28. The molecule has 1 aliphatic carbocycles. The molecule has 1 N–H and O–H groups in total. The highest BCUT2D eigenvalue weighted by molar-refractivity contribution is 5.44. The van der Waals surface area contributed by atoms with Crippen molar-refractivity contribution in [2.24, 2.45) is 5.92 Å². The summed E-state index contributed by atoms with van der Waals surface area (Å²) in [6, 6.07) is 6.67. The summed E-state index contributed by atoms with van der Waals surface area (Å²) in [7, 11) is 0. The highest BCUT2D eigenvalue weighted by Crippen LogP contribution is 2.36. The van der Waals surface area contributed by atoms with E-state index in [2.05, 4.69) is 23.4 Å². The Hall–Kier alpha value is -1.66. The van der Waals surface area contributed by atoms with Crippen molar-refractivity contribution in [3.8, 4) is 23.8 Å². The van der Waals surface area contributed by atoms with Gasteiger partial charge in [-0.15, -0.1) is 6.42 Å². The van der Waals surface area contributed by atoms with E-state index >= 15 is 0 Å². The first kappa shape index (κ1) is 11.4. The fourth-order valence-corrected chi connectivity index (χ4v) is 2.42. The number of ether oxygens (including phenoxy) is 2. The number of nitrogens with one attached hydrogen (secondary N) is 1. The number of fused-ring (bicyclic) bond motifs is 1. The molecule has 18 heavy (non-hydrogen) atoms. The van der Waals surface area contributed by atoms with Gasteiger partial charge < -0.3 is 14.8 Å². The summed E-state index contributed by atoms with van der Waals surface area (Å²) in [6.45, 7) is 0.978. The van der Waals surface area contributed by atoms with Crippen molar-refractivity contribution < 1.29 is 9.47 Å². The number of hydrogen-bond acceptors (Lipinski definition) is 3. The van der Waals surface area contributed by atoms with Crippen LogP contribution in [0.5, 0.6) is 11.5 Å². The predicted octanol–water partition coefficient (Wildman–Crippen LogP) is 1.96. The smallest absolute Gasteiger partial charge is 0.231 e. The normalized spacial score (nSPS) is 18.4. The average molecular weight is 243 g/mol. The van der Waals surface area contributed by atoms with Gasteiger partial charge in [-0.1, -0.05) is 12.0 Å². The third kappa shape index (κ3) is 2.44. The molecule has 1 saturated carbocycles. The SMILES string of the molecule is C#CCNC(Cc1ccc2c(c1)OCO2)C1CC1. The van der Waals surface area contributed by atoms with Gasteiger partial charge in [-0.3, -0.25) is 0 Å². The van der Waals surface area contributed by atoms with E-state index in [1.54, 1.807) is 0 Å². The fourth-order valence-electron chi connectivity index (χ4n) is 2.42. The molecule has 0 amide bonds. The van der Waals surface area contributed by atoms with E-state index in [4.69, 9.17) is 15.9 Å². The molecule has 1 heterocycles. The zero-order valence-corrected chi connectivity index (χ0v) is 10.3. The third-order valence-corrected chi connectivity index (χ3v) is 3.55. The molecule has 3 heteroatoms. The molecule has 0 aromatic heterocycles. The lowest BCUT2D eigenvalue weighted by molar-refractivity contribution is 0.174. The van der Waals surface area contributed by atoms with Crippen molar-refractivity contribution in [2.75, 3.05) is 13.3 Å². The Morgan fingerprint density at radius 1 is 1.33 bits per heavy atom. The van der Waals surface area contributed by atoms with Crippen LogP contribution in [0.15, 0.2) is 18.2 Å². The van der Waals surface area contributed by atoms with E-state index in [9.17, 15) is 0 Å². The van der Waals surface area contributed by atoms with Gasteiger partial charge in [0.1, 0.15) is 0 Å². The molecule has 94 valence electrons. The molecule has 0 radical (unpaired) electrons. The maximum atomic E-state index is 5.40. The Morgan fingerprint density at radius 3 is 2.94 bits per heavy atom. The Kier molecular flexibility index (Phi) is 3.12. The van der Waals surface area contributed by atoms with Crippen molar-refractivity contribution >= 4 is 0 Å². The van der Waals surface area contributed by atoms with Crippen molar-refractivity contribution in [1.82, 2.24) is 5.32 Å². The van der Waals surface area contributed by atoms with E-state index in [1.807, 2.05) is 6.07 Å². The van der Waals surface area contributed by atoms with Crippen LogP contribution in [0.3, 0.4) is 0 Å². The number of hydrogen-bond donors (Lipinski definition) is 1. The van der Waals surface area contributed by atoms with Gasteiger partial charge in [-0.25, -0.2) is 0 Å². The van der Waals surface area contributed by atoms with Gasteiger partial charge in [-0.05, 0) is 42.9 Å². The van der Waals surface area contributed by atoms with Crippen LogP contribution in [0.25, 0.3) is 0 Å². The fraction of sp³-hybridized carbons (Fsp3) is 0.467. The van der Waals surface area contributed by atoms with Crippen LogP contribution in [0, 0.1) is 18.3 Å². The average Bonchev–Trinajstić information content (AvgIpc) is 3.12. The highest BCUT2D eigenvalue weighted by atomic mass is 16.7. The molecule has 0 spiro atoms. The molecule has 3 rings (SSSR count). The molecule has 1 unspecified atom stereocenters. The molecule has 1 aromatic carbocycles. The molecule has 1 aliphatic heterocycles. The number of benzene rings is 1. The number of rotatable bonds is 5. The van der Waals surface area contributed by atoms with Crippen molar-refractivity contribution in [2.45, 2.75) is 25.3 Å². The molecule has 2 aliphatic rings. The number of terminal acetylenes is 1. The second kappa shape index (κ2) is 4.91. The first-order valence-electron chi connectivity index (χ1n) is 6.42. The zero-order valence-electron chi connectivity index (χ0n) is 10.3. The Morgan fingerprint density at radius 2 is 2.17 bits per heavy atom. The third-order valence-electron chi connectivity index (χ3n) is 3.55. The van der Waals surface area contributed by atoms with Crippen LogP contribution < -0.4 is 14.8 Å². The molecule has 0 bridgehead atoms. The lowest BCUT2D eigenvalue weighted by atomic mass is 10.0. The maximum absolute atomic E-state index is 5.40. The van der Waals surface area contributed by atoms with E-state index < -0.39 is 0 Å². The van der Waals surface area contributed by atoms with Crippen LogP contribution in [-0.2, 0) is 6.42 Å². The summed E-state index contributed by atoms with van der Waals surface area (Å²) in [4.78, 5) is 0. The highest BCUT2D eigenvalue weighted by Gasteiger charge is 2.30. The van der Waals surface area contributed by atoms with Gasteiger partial charge >= 0.3 is 0 Å². The largest absolute Gasteiger partial charge is 0.454 e. The topological polar surface area (TPSA) is 30.5 Å². The standard InChI is InChI=1S/C15H17NO2/c1-2-7-16-13(12-4-5-12)8-11-3-6-14-15(9-11)18-10-17-14/h1,3,6,9,12-13,16H,4-5,7-8,10H2. The van der Waals surface area contributed by atoms with Crippen LogP contribution in [-0.4, -0.2) is 19.4 Å². The van der Waals surface area contributed by atoms with Gasteiger partial charge in [-0.2, -0.15) is 0 Å². The van der Waals surface area contributed by atoms with Gasteiger partial charge in [0.15, 0.2) is 11.5 Å². The molecule has 1 atom stereocenters. The second-order valence-electron chi connectivity index (χ2n) is 4.92. The summed E-state index contributed by atoms with van der Waals surface area (Å²) in [6.07, 6.45) is 8.94. The van der Waals surface area contributed by atoms with Crippen LogP contribution in [0.4, 0.5) is 0 Å². The maximum Gasteiger partial charge on any atom is 0.231 e. The van der Waals surface area contributed by atoms with Gasteiger partial charge in [0.05, 0.1) is 6.54 Å². The summed E-state index contributed by atoms with van der Waals surface area (Å²) >= 11 is 0. The molecule has 0 saturated heterocycles. The lowest BCUT2D eigenvalue weighted by Gasteiger charge is -2.17. The van der Waals surface area contributed by atoms with Gasteiger partial charge in [0, 0.05) is 6.04 Å². The van der Waals surface area contributed by atoms with Gasteiger partial charge in [0.2, 0.25) is 6.79 Å². The first-order chi connectivity index (χ1) is 8.86. The first-order valence-corrected chi connectivity index (χ1v) is 6.42. The minimum absolute atomic E-state index is 0.334. The van der Waals surface area contributed by atoms with Crippen molar-refractivity contribution in [1.29, 1.82) is 0 Å². The molecule has 1 fully saturated rings. The van der Waals surface area contributed by atoms with Crippen LogP contribution in [0.1, 0.15) is 18.4 Å². The van der Waals surface area contributed by atoms with Gasteiger partial charge in [0.25, 0.3) is 0 Å². The van der Waals surface area contributed by atoms with E-state index in [-0.39, 0.29) is 0 Å². The predicted molar refractivity (Wildman–Crippen MR) is 69.6 cm³/mol. The summed E-state index contributed by atoms with van der Waals surface area (Å²) < 4.78 is 10.7. The Balaban J connectivity index is 1.68. The minimum atomic E-state index is 0.334. The minimum Gasteiger partial charge on any atom is -0.454 e. The Labute approximate surface area is 107 Å². The van der Waals surface area contributed by atoms with Crippen LogP contribution in [0.2, 0.25) is 0 Å². The quantitative estimate of drug-likeness (QED) is 0.802. The summed E-state index contributed by atoms with van der Waals surface area (Å²) in [5.74, 6) is 5.14. The molecule has 1 aromatic rings.